The second-order valence-electron chi connectivity index (χ2n) is 3.30. The maximum Gasteiger partial charge on any atom is 0.0999 e. The third-order valence-electron chi connectivity index (χ3n) is 2.18. The van der Waals surface area contributed by atoms with Gasteiger partial charge in [-0.25, -0.2) is 0 Å². The molecule has 0 bridgehead atoms. The van der Waals surface area contributed by atoms with E-state index in [1.165, 1.54) is 0 Å². The van der Waals surface area contributed by atoms with Crippen molar-refractivity contribution in [2.24, 2.45) is 5.92 Å². The fraction of sp³-hybridized carbons (Fsp3) is 0.444. The molecule has 70 valence electrons. The third-order valence-corrected chi connectivity index (χ3v) is 3.25. The van der Waals surface area contributed by atoms with Crippen molar-refractivity contribution in [3.63, 3.8) is 0 Å². The Morgan fingerprint density at radius 3 is 2.69 bits per heavy atom. The van der Waals surface area contributed by atoms with Crippen LogP contribution < -0.4 is 0 Å². The monoisotopic (exact) mass is 305 g/mol. The molecule has 0 aliphatic heterocycles. The number of hydrogen-bond donors (Lipinski definition) is 1. The molecule has 4 heteroatoms. The molecule has 0 spiro atoms. The van der Waals surface area contributed by atoms with E-state index in [1.807, 2.05) is 6.07 Å². The molecule has 1 N–H and O–H groups in total. The van der Waals surface area contributed by atoms with Crippen LogP contribution in [0.2, 0.25) is 0 Å². The van der Waals surface area contributed by atoms with Gasteiger partial charge in [-0.15, -0.1) is 0 Å². The minimum absolute atomic E-state index is 0.400. The number of nitrogens with zero attached hydrogens (tertiary/aromatic N) is 1. The molecule has 0 aromatic carbocycles. The highest BCUT2D eigenvalue weighted by Crippen LogP contribution is 2.42. The zero-order valence-electron chi connectivity index (χ0n) is 6.87. The van der Waals surface area contributed by atoms with E-state index in [9.17, 15) is 5.11 Å². The van der Waals surface area contributed by atoms with Crippen LogP contribution in [0.1, 0.15) is 24.6 Å². The molecular weight excluding hydrogens is 298 g/mol. The lowest BCUT2D eigenvalue weighted by atomic mass is 10.1. The van der Waals surface area contributed by atoms with Crippen molar-refractivity contribution in [3.8, 4) is 0 Å². The topological polar surface area (TPSA) is 33.1 Å². The number of hydrogen-bond acceptors (Lipinski definition) is 2. The highest BCUT2D eigenvalue weighted by Gasteiger charge is 2.32. The molecular formula is C9H9Br2NO. The van der Waals surface area contributed by atoms with Crippen molar-refractivity contribution >= 4 is 31.9 Å². The van der Waals surface area contributed by atoms with Gasteiger partial charge in [0.15, 0.2) is 0 Å². The van der Waals surface area contributed by atoms with Crippen LogP contribution in [0.4, 0.5) is 0 Å². The van der Waals surface area contributed by atoms with Crippen molar-refractivity contribution in [1.82, 2.24) is 4.98 Å². The van der Waals surface area contributed by atoms with Gasteiger partial charge in [-0.3, -0.25) is 4.98 Å². The largest absolute Gasteiger partial charge is 0.386 e. The first-order valence-electron chi connectivity index (χ1n) is 4.17. The Balaban J connectivity index is 2.28. The predicted molar refractivity (Wildman–Crippen MR) is 57.3 cm³/mol. The van der Waals surface area contributed by atoms with Gasteiger partial charge in [0, 0.05) is 15.1 Å². The number of pyridine rings is 1. The van der Waals surface area contributed by atoms with Crippen LogP contribution in [-0.2, 0) is 0 Å². The molecule has 2 nitrogen and oxygen atoms in total. The van der Waals surface area contributed by atoms with Crippen molar-refractivity contribution < 1.29 is 5.11 Å². The molecule has 1 atom stereocenters. The lowest BCUT2D eigenvalue weighted by Gasteiger charge is -2.10. The van der Waals surface area contributed by atoms with E-state index in [-0.39, 0.29) is 0 Å². The minimum atomic E-state index is -0.400. The average Bonchev–Trinajstić information content (AvgIpc) is 2.85. The van der Waals surface area contributed by atoms with Gasteiger partial charge in [0.05, 0.1) is 11.8 Å². The SMILES string of the molecule is OC(c1ncc(Br)cc1Br)C1CC1. The quantitative estimate of drug-likeness (QED) is 0.911. The lowest BCUT2D eigenvalue weighted by molar-refractivity contribution is 0.148. The highest BCUT2D eigenvalue weighted by molar-refractivity contribution is 9.11. The summed E-state index contributed by atoms with van der Waals surface area (Å²) in [6.07, 6.45) is 3.55. The van der Waals surface area contributed by atoms with Crippen LogP contribution in [0.25, 0.3) is 0 Å². The number of aromatic nitrogens is 1. The molecule has 13 heavy (non-hydrogen) atoms. The summed E-state index contributed by atoms with van der Waals surface area (Å²) in [7, 11) is 0. The summed E-state index contributed by atoms with van der Waals surface area (Å²) in [5, 5.41) is 9.82. The zero-order valence-corrected chi connectivity index (χ0v) is 10.0. The van der Waals surface area contributed by atoms with E-state index in [4.69, 9.17) is 0 Å². The Kier molecular flexibility index (Phi) is 2.72. The number of aliphatic hydroxyl groups is 1. The fourth-order valence-electron chi connectivity index (χ4n) is 1.28. The summed E-state index contributed by atoms with van der Waals surface area (Å²) in [4.78, 5) is 4.20. The Morgan fingerprint density at radius 2 is 2.15 bits per heavy atom. The normalized spacial score (nSPS) is 18.7. The first kappa shape index (κ1) is 9.62. The number of rotatable bonds is 2. The summed E-state index contributed by atoms with van der Waals surface area (Å²) in [5.74, 6) is 0.421. The molecule has 1 aliphatic rings. The van der Waals surface area contributed by atoms with Crippen molar-refractivity contribution in [2.75, 3.05) is 0 Å². The molecule has 0 saturated heterocycles. The molecule has 1 aliphatic carbocycles. The van der Waals surface area contributed by atoms with Crippen LogP contribution in [-0.4, -0.2) is 10.1 Å². The minimum Gasteiger partial charge on any atom is -0.386 e. The second-order valence-corrected chi connectivity index (χ2v) is 5.07. The van der Waals surface area contributed by atoms with E-state index in [0.717, 1.165) is 27.5 Å². The predicted octanol–water partition coefficient (Wildman–Crippen LogP) is 3.05. The molecule has 1 heterocycles. The Hall–Kier alpha value is 0.0700. The van der Waals surface area contributed by atoms with Crippen LogP contribution in [0.3, 0.4) is 0 Å². The summed E-state index contributed by atoms with van der Waals surface area (Å²) in [5.41, 5.74) is 0.755. The van der Waals surface area contributed by atoms with Gasteiger partial charge in [0.1, 0.15) is 0 Å². The molecule has 1 fully saturated rings. The lowest BCUT2D eigenvalue weighted by Crippen LogP contribution is -2.03. The van der Waals surface area contributed by atoms with Crippen LogP contribution >= 0.6 is 31.9 Å². The summed E-state index contributed by atoms with van der Waals surface area (Å²) < 4.78 is 1.80. The Labute approximate surface area is 93.6 Å². The van der Waals surface area contributed by atoms with Gasteiger partial charge in [-0.1, -0.05) is 0 Å². The maximum atomic E-state index is 9.82. The molecule has 1 aromatic rings. The molecule has 2 rings (SSSR count). The van der Waals surface area contributed by atoms with Crippen LogP contribution in [0, 0.1) is 5.92 Å². The zero-order chi connectivity index (χ0) is 9.42. The van der Waals surface area contributed by atoms with Gasteiger partial charge >= 0.3 is 0 Å². The van der Waals surface area contributed by atoms with Crippen molar-refractivity contribution in [1.29, 1.82) is 0 Å². The summed E-state index contributed by atoms with van der Waals surface area (Å²) >= 11 is 6.72. The van der Waals surface area contributed by atoms with Gasteiger partial charge in [0.2, 0.25) is 0 Å². The van der Waals surface area contributed by atoms with E-state index >= 15 is 0 Å². The van der Waals surface area contributed by atoms with Crippen LogP contribution in [0.5, 0.6) is 0 Å². The Morgan fingerprint density at radius 1 is 1.46 bits per heavy atom. The van der Waals surface area contributed by atoms with Crippen molar-refractivity contribution in [2.45, 2.75) is 18.9 Å². The van der Waals surface area contributed by atoms with E-state index in [0.29, 0.717) is 5.92 Å². The summed E-state index contributed by atoms with van der Waals surface area (Å²) in [6.45, 7) is 0. The fourth-order valence-corrected chi connectivity index (χ4v) is 2.50. The van der Waals surface area contributed by atoms with E-state index in [2.05, 4.69) is 36.8 Å². The Bertz CT molecular complexity index is 325. The smallest absolute Gasteiger partial charge is 0.0999 e. The molecule has 1 aromatic heterocycles. The molecule has 0 radical (unpaired) electrons. The summed E-state index contributed by atoms with van der Waals surface area (Å²) in [6, 6.07) is 1.91. The van der Waals surface area contributed by atoms with Gasteiger partial charge in [-0.2, -0.15) is 0 Å². The van der Waals surface area contributed by atoms with Gasteiger partial charge < -0.3 is 5.11 Å². The van der Waals surface area contributed by atoms with E-state index in [1.54, 1.807) is 6.20 Å². The standard InChI is InChI=1S/C9H9Br2NO/c10-6-3-7(11)8(12-4-6)9(13)5-1-2-5/h3-5,9,13H,1-2H2. The first-order valence-corrected chi connectivity index (χ1v) is 5.76. The molecule has 0 amide bonds. The van der Waals surface area contributed by atoms with Crippen molar-refractivity contribution in [3.05, 3.63) is 26.9 Å². The maximum absolute atomic E-state index is 9.82. The highest BCUT2D eigenvalue weighted by atomic mass is 79.9. The van der Waals surface area contributed by atoms with Gasteiger partial charge in [-0.05, 0) is 56.7 Å². The molecule has 1 saturated carbocycles. The van der Waals surface area contributed by atoms with E-state index < -0.39 is 6.10 Å². The third kappa shape index (κ3) is 2.11. The molecule has 1 unspecified atom stereocenters. The van der Waals surface area contributed by atoms with Crippen LogP contribution in [0.15, 0.2) is 21.2 Å². The second kappa shape index (κ2) is 3.67. The van der Waals surface area contributed by atoms with Gasteiger partial charge in [0.25, 0.3) is 0 Å². The number of halogens is 2. The number of aliphatic hydroxyl groups excluding tert-OH is 1. The first-order chi connectivity index (χ1) is 6.18. The average molecular weight is 307 g/mol.